The van der Waals surface area contributed by atoms with Gasteiger partial charge in [0.15, 0.2) is 5.82 Å². The minimum atomic E-state index is -4.71. The average molecular weight is 439 g/mol. The highest BCUT2D eigenvalue weighted by Crippen LogP contribution is 2.39. The fourth-order valence-electron chi connectivity index (χ4n) is 4.13. The Morgan fingerprint density at radius 2 is 1.90 bits per heavy atom. The second-order valence-electron chi connectivity index (χ2n) is 7.93. The van der Waals surface area contributed by atoms with Gasteiger partial charge in [0.25, 0.3) is 6.43 Å². The standard InChI is InChI=1S/C21H22F5N5/c1-30-8-3-4-13(11-30)27-20-18-15(7-9-31(18)2)17(28-29-20)14-6-5-12(21(24,25)26)10-16(14)19(22)23/h5-7,9-10,13,19H,3-4,8,11H2,1-2H3,(H,27,29)/t13-/m1/s1. The number of piperidine rings is 1. The minimum Gasteiger partial charge on any atom is -0.363 e. The van der Waals surface area contributed by atoms with Gasteiger partial charge < -0.3 is 14.8 Å². The van der Waals surface area contributed by atoms with Gasteiger partial charge in [0.1, 0.15) is 5.69 Å². The topological polar surface area (TPSA) is 46.0 Å². The van der Waals surface area contributed by atoms with E-state index in [1.165, 1.54) is 0 Å². The molecule has 1 saturated heterocycles. The van der Waals surface area contributed by atoms with E-state index in [2.05, 4.69) is 20.4 Å². The molecule has 0 radical (unpaired) electrons. The summed E-state index contributed by atoms with van der Waals surface area (Å²) in [7, 11) is 3.84. The summed E-state index contributed by atoms with van der Waals surface area (Å²) in [6.45, 7) is 1.86. The van der Waals surface area contributed by atoms with Crippen molar-refractivity contribution in [3.8, 4) is 11.3 Å². The van der Waals surface area contributed by atoms with Gasteiger partial charge in [-0.25, -0.2) is 8.78 Å². The molecule has 0 aliphatic carbocycles. The van der Waals surface area contributed by atoms with Gasteiger partial charge >= 0.3 is 6.18 Å². The van der Waals surface area contributed by atoms with Crippen molar-refractivity contribution in [1.29, 1.82) is 0 Å². The Morgan fingerprint density at radius 1 is 1.13 bits per heavy atom. The lowest BCUT2D eigenvalue weighted by Gasteiger charge is -2.30. The molecule has 166 valence electrons. The third kappa shape index (κ3) is 4.21. The molecule has 0 bridgehead atoms. The summed E-state index contributed by atoms with van der Waals surface area (Å²) in [5, 5.41) is 12.3. The number of aromatic nitrogens is 3. The maximum atomic E-state index is 13.7. The first-order chi connectivity index (χ1) is 14.6. The van der Waals surface area contributed by atoms with Crippen LogP contribution >= 0.6 is 0 Å². The van der Waals surface area contributed by atoms with Crippen molar-refractivity contribution in [1.82, 2.24) is 19.7 Å². The number of halogens is 5. The Balaban J connectivity index is 1.80. The van der Waals surface area contributed by atoms with Crippen LogP contribution in [-0.2, 0) is 13.2 Å². The van der Waals surface area contributed by atoms with Crippen LogP contribution < -0.4 is 5.32 Å². The van der Waals surface area contributed by atoms with Gasteiger partial charge in [0.2, 0.25) is 0 Å². The molecule has 3 aromatic rings. The molecule has 1 aliphatic heterocycles. The van der Waals surface area contributed by atoms with E-state index in [9.17, 15) is 22.0 Å². The van der Waals surface area contributed by atoms with Crippen LogP contribution in [0.1, 0.15) is 30.4 Å². The van der Waals surface area contributed by atoms with E-state index in [-0.39, 0.29) is 17.3 Å². The zero-order valence-electron chi connectivity index (χ0n) is 17.0. The van der Waals surface area contributed by atoms with E-state index < -0.39 is 23.7 Å². The van der Waals surface area contributed by atoms with Crippen molar-refractivity contribution in [3.63, 3.8) is 0 Å². The Kier molecular flexibility index (Phi) is 5.59. The number of nitrogens with one attached hydrogen (secondary N) is 1. The molecule has 0 unspecified atom stereocenters. The number of aryl methyl sites for hydroxylation is 1. The van der Waals surface area contributed by atoms with Crippen molar-refractivity contribution in [2.24, 2.45) is 7.05 Å². The van der Waals surface area contributed by atoms with Crippen molar-refractivity contribution < 1.29 is 22.0 Å². The fourth-order valence-corrected chi connectivity index (χ4v) is 4.13. The predicted molar refractivity (Wildman–Crippen MR) is 108 cm³/mol. The van der Waals surface area contributed by atoms with Crippen molar-refractivity contribution in [3.05, 3.63) is 41.6 Å². The van der Waals surface area contributed by atoms with Gasteiger partial charge in [-0.15, -0.1) is 10.2 Å². The molecule has 1 fully saturated rings. The second kappa shape index (κ2) is 8.07. The third-order valence-corrected chi connectivity index (χ3v) is 5.64. The highest BCUT2D eigenvalue weighted by atomic mass is 19.4. The summed E-state index contributed by atoms with van der Waals surface area (Å²) in [5.41, 5.74) is -1.10. The van der Waals surface area contributed by atoms with E-state index in [0.717, 1.165) is 38.1 Å². The Hall–Kier alpha value is -2.75. The molecule has 0 saturated carbocycles. The third-order valence-electron chi connectivity index (χ3n) is 5.64. The summed E-state index contributed by atoms with van der Waals surface area (Å²) >= 11 is 0. The van der Waals surface area contributed by atoms with Gasteiger partial charge in [-0.3, -0.25) is 0 Å². The van der Waals surface area contributed by atoms with Gasteiger partial charge in [-0.05, 0) is 44.6 Å². The highest BCUT2D eigenvalue weighted by molar-refractivity contribution is 5.99. The molecular weight excluding hydrogens is 417 g/mol. The maximum Gasteiger partial charge on any atom is 0.416 e. The van der Waals surface area contributed by atoms with Crippen LogP contribution in [0.5, 0.6) is 0 Å². The first kappa shape index (κ1) is 21.5. The first-order valence-electron chi connectivity index (χ1n) is 9.91. The number of rotatable bonds is 4. The molecule has 1 aromatic carbocycles. The average Bonchev–Trinajstić information content (AvgIpc) is 3.09. The van der Waals surface area contributed by atoms with Gasteiger partial charge in [-0.1, -0.05) is 6.07 Å². The van der Waals surface area contributed by atoms with Gasteiger partial charge in [-0.2, -0.15) is 13.2 Å². The van der Waals surface area contributed by atoms with E-state index >= 15 is 0 Å². The maximum absolute atomic E-state index is 13.7. The minimum absolute atomic E-state index is 0.0596. The van der Waals surface area contributed by atoms with Crippen LogP contribution in [0, 0.1) is 0 Å². The number of anilines is 1. The van der Waals surface area contributed by atoms with Crippen LogP contribution in [-0.4, -0.2) is 45.8 Å². The molecule has 1 atom stereocenters. The molecular formula is C21H22F5N5. The summed E-state index contributed by atoms with van der Waals surface area (Å²) in [5.74, 6) is 0.525. The molecule has 10 heteroatoms. The van der Waals surface area contributed by atoms with Gasteiger partial charge in [0, 0.05) is 42.3 Å². The lowest BCUT2D eigenvalue weighted by molar-refractivity contribution is -0.137. The number of likely N-dealkylation sites (tertiary alicyclic amines) is 1. The summed E-state index contributed by atoms with van der Waals surface area (Å²) in [6, 6.07) is 4.20. The molecule has 0 amide bonds. The normalized spacial score (nSPS) is 18.1. The van der Waals surface area contributed by atoms with Crippen LogP contribution in [0.25, 0.3) is 22.2 Å². The molecule has 0 spiro atoms. The number of likely N-dealkylation sites (N-methyl/N-ethyl adjacent to an activating group) is 1. The van der Waals surface area contributed by atoms with Crippen molar-refractivity contribution >= 4 is 16.7 Å². The van der Waals surface area contributed by atoms with Gasteiger partial charge in [0.05, 0.1) is 11.1 Å². The molecule has 1 aliphatic rings. The summed E-state index contributed by atoms with van der Waals surface area (Å²) in [6.07, 6.45) is -4.04. The SMILES string of the molecule is CN1CCC[C@@H](Nc2nnc(-c3ccc(C(F)(F)F)cc3C(F)F)c3ccn(C)c23)C1. The largest absolute Gasteiger partial charge is 0.416 e. The predicted octanol–water partition coefficient (Wildman–Crippen LogP) is 5.10. The molecule has 1 N–H and O–H groups in total. The lowest BCUT2D eigenvalue weighted by atomic mass is 9.99. The van der Waals surface area contributed by atoms with E-state index in [4.69, 9.17) is 0 Å². The summed E-state index contributed by atoms with van der Waals surface area (Å²) < 4.78 is 68.3. The van der Waals surface area contributed by atoms with Crippen LogP contribution in [0.4, 0.5) is 27.8 Å². The zero-order valence-corrected chi connectivity index (χ0v) is 17.0. The molecule has 31 heavy (non-hydrogen) atoms. The quantitative estimate of drug-likeness (QED) is 0.575. The number of benzene rings is 1. The van der Waals surface area contributed by atoms with E-state index in [1.54, 1.807) is 23.9 Å². The number of hydrogen-bond acceptors (Lipinski definition) is 4. The fraction of sp³-hybridized carbons (Fsp3) is 0.429. The van der Waals surface area contributed by atoms with Crippen LogP contribution in [0.2, 0.25) is 0 Å². The van der Waals surface area contributed by atoms with Crippen LogP contribution in [0.3, 0.4) is 0 Å². The second-order valence-corrected chi connectivity index (χ2v) is 7.93. The Morgan fingerprint density at radius 3 is 2.58 bits per heavy atom. The number of nitrogens with zero attached hydrogens (tertiary/aromatic N) is 4. The lowest BCUT2D eigenvalue weighted by Crippen LogP contribution is -2.40. The summed E-state index contributed by atoms with van der Waals surface area (Å²) in [4.78, 5) is 2.21. The molecule has 3 heterocycles. The number of alkyl halides is 5. The van der Waals surface area contributed by atoms with E-state index in [1.807, 2.05) is 7.05 Å². The van der Waals surface area contributed by atoms with Crippen molar-refractivity contribution in [2.75, 3.05) is 25.5 Å². The highest BCUT2D eigenvalue weighted by Gasteiger charge is 2.33. The Labute approximate surface area is 175 Å². The monoisotopic (exact) mass is 439 g/mol. The molecule has 2 aromatic heterocycles. The molecule has 5 nitrogen and oxygen atoms in total. The molecule has 4 rings (SSSR count). The smallest absolute Gasteiger partial charge is 0.363 e. The first-order valence-corrected chi connectivity index (χ1v) is 9.91. The zero-order chi connectivity index (χ0) is 22.3. The van der Waals surface area contributed by atoms with Crippen LogP contribution in [0.15, 0.2) is 30.5 Å². The number of fused-ring (bicyclic) bond motifs is 1. The van der Waals surface area contributed by atoms with Crippen molar-refractivity contribution in [2.45, 2.75) is 31.5 Å². The number of hydrogen-bond donors (Lipinski definition) is 1. The Bertz CT molecular complexity index is 1090. The van der Waals surface area contributed by atoms with E-state index in [0.29, 0.717) is 22.8 Å².